The molecular weight excluding hydrogens is 553 g/mol. The van der Waals surface area contributed by atoms with Gasteiger partial charge < -0.3 is 15.1 Å². The molecule has 3 aromatic rings. The topological polar surface area (TPSA) is 75.5 Å². The van der Waals surface area contributed by atoms with Crippen LogP contribution in [0.15, 0.2) is 48.5 Å². The van der Waals surface area contributed by atoms with Gasteiger partial charge in [-0.1, -0.05) is 11.6 Å². The number of hydrogen-bond acceptors (Lipinski definition) is 6. The zero-order chi connectivity index (χ0) is 29.0. The Morgan fingerprint density at radius 3 is 2.49 bits per heavy atom. The fraction of sp³-hybridized carbons (Fsp3) is 0.433. The molecule has 1 aromatic heterocycles. The Kier molecular flexibility index (Phi) is 8.85. The second-order valence-corrected chi connectivity index (χ2v) is 11.0. The van der Waals surface area contributed by atoms with Crippen LogP contribution in [0.1, 0.15) is 36.8 Å². The highest BCUT2D eigenvalue weighted by molar-refractivity contribution is 6.31. The number of fused-ring (bicyclic) bond motifs is 1. The number of halogens is 4. The lowest BCUT2D eigenvalue weighted by Crippen LogP contribution is -2.47. The minimum atomic E-state index is -4.59. The maximum Gasteiger partial charge on any atom is 0.417 e. The highest BCUT2D eigenvalue weighted by Gasteiger charge is 2.34. The van der Waals surface area contributed by atoms with Crippen molar-refractivity contribution in [2.24, 2.45) is 0 Å². The van der Waals surface area contributed by atoms with E-state index in [2.05, 4.69) is 21.2 Å². The Morgan fingerprint density at radius 1 is 1.02 bits per heavy atom. The van der Waals surface area contributed by atoms with Crippen LogP contribution in [0.5, 0.6) is 0 Å². The number of alkyl halides is 3. The highest BCUT2D eigenvalue weighted by atomic mass is 35.5. The van der Waals surface area contributed by atoms with Crippen molar-refractivity contribution in [2.75, 3.05) is 56.0 Å². The number of amides is 1. The van der Waals surface area contributed by atoms with E-state index < -0.39 is 17.3 Å². The largest absolute Gasteiger partial charge is 0.417 e. The van der Waals surface area contributed by atoms with E-state index in [4.69, 9.17) is 21.8 Å². The molecule has 2 aromatic carbocycles. The number of likely N-dealkylation sites (tertiary alicyclic amines) is 1. The first kappa shape index (κ1) is 29.0. The molecule has 5 rings (SSSR count). The highest BCUT2D eigenvalue weighted by Crippen LogP contribution is 2.34. The number of benzene rings is 2. The molecule has 0 atom stereocenters. The molecule has 11 heteroatoms. The van der Waals surface area contributed by atoms with Crippen LogP contribution in [0.2, 0.25) is 5.02 Å². The Bertz CT molecular complexity index is 1430. The van der Waals surface area contributed by atoms with Gasteiger partial charge in [0.2, 0.25) is 5.91 Å². The smallest absolute Gasteiger partial charge is 0.382 e. The summed E-state index contributed by atoms with van der Waals surface area (Å²) >= 11 is 6.08. The van der Waals surface area contributed by atoms with E-state index in [1.54, 1.807) is 6.07 Å². The number of rotatable bonds is 7. The minimum Gasteiger partial charge on any atom is -0.382 e. The zero-order valence-corrected chi connectivity index (χ0v) is 23.4. The van der Waals surface area contributed by atoms with Crippen LogP contribution in [0.3, 0.4) is 0 Å². The van der Waals surface area contributed by atoms with Crippen molar-refractivity contribution in [3.8, 4) is 6.07 Å². The number of anilines is 2. The third-order valence-electron chi connectivity index (χ3n) is 7.86. The monoisotopic (exact) mass is 584 g/mol. The molecule has 216 valence electrons. The van der Waals surface area contributed by atoms with E-state index in [-0.39, 0.29) is 11.9 Å². The maximum absolute atomic E-state index is 13.3. The van der Waals surface area contributed by atoms with Crippen molar-refractivity contribution in [1.29, 1.82) is 5.26 Å². The average Bonchev–Trinajstić information content (AvgIpc) is 2.97. The van der Waals surface area contributed by atoms with Gasteiger partial charge in [-0.15, -0.1) is 0 Å². The summed E-state index contributed by atoms with van der Waals surface area (Å²) in [4.78, 5) is 24.1. The average molecular weight is 585 g/mol. The molecular formula is C30H32ClF3N6O. The van der Waals surface area contributed by atoms with Crippen LogP contribution < -0.4 is 10.2 Å². The summed E-state index contributed by atoms with van der Waals surface area (Å²) in [6.07, 6.45) is -2.00. The lowest BCUT2D eigenvalue weighted by molar-refractivity contribution is -0.137. The van der Waals surface area contributed by atoms with Crippen LogP contribution >= 0.6 is 11.6 Å². The Hall–Kier alpha value is -3.55. The van der Waals surface area contributed by atoms with Gasteiger partial charge in [-0.2, -0.15) is 18.4 Å². The van der Waals surface area contributed by atoms with Gasteiger partial charge in [0.15, 0.2) is 0 Å². The Morgan fingerprint density at radius 2 is 1.78 bits per heavy atom. The van der Waals surface area contributed by atoms with E-state index in [9.17, 15) is 18.0 Å². The number of piperidine rings is 1. The first-order chi connectivity index (χ1) is 19.7. The molecule has 0 aliphatic carbocycles. The fourth-order valence-corrected chi connectivity index (χ4v) is 5.73. The number of carbonyl (C=O) groups excluding carboxylic acids is 1. The quantitative estimate of drug-likeness (QED) is 0.379. The maximum atomic E-state index is 13.3. The van der Waals surface area contributed by atoms with Crippen LogP contribution in [-0.4, -0.2) is 72.5 Å². The summed E-state index contributed by atoms with van der Waals surface area (Å²) < 4.78 is 39.8. The molecule has 2 aliphatic heterocycles. The SMILES string of the molecule is N#Cc1ccc(NC2CCN(C(=O)CCCN3CCN(c4ccc5cc(Cl)ccc5n4)CC3)CC2)cc1C(F)(F)F. The first-order valence-electron chi connectivity index (χ1n) is 13.9. The molecule has 0 spiro atoms. The number of hydrogen-bond donors (Lipinski definition) is 1. The van der Waals surface area contributed by atoms with Crippen molar-refractivity contribution < 1.29 is 18.0 Å². The Labute approximate surface area is 242 Å². The molecule has 2 aliphatic rings. The van der Waals surface area contributed by atoms with Crippen LogP contribution in [-0.2, 0) is 11.0 Å². The summed E-state index contributed by atoms with van der Waals surface area (Å²) in [6.45, 7) is 5.59. The van der Waals surface area contributed by atoms with Gasteiger partial charge in [-0.3, -0.25) is 9.69 Å². The summed E-state index contributed by atoms with van der Waals surface area (Å²) in [7, 11) is 0. The number of nitrogens with one attached hydrogen (secondary N) is 1. The molecule has 3 heterocycles. The number of nitrogens with zero attached hydrogens (tertiary/aromatic N) is 5. The number of nitriles is 1. The van der Waals surface area contributed by atoms with E-state index in [0.29, 0.717) is 43.1 Å². The van der Waals surface area contributed by atoms with Crippen molar-refractivity contribution in [3.63, 3.8) is 0 Å². The molecule has 7 nitrogen and oxygen atoms in total. The second-order valence-electron chi connectivity index (χ2n) is 10.6. The Balaban J connectivity index is 1.02. The number of carbonyl (C=O) groups is 1. The van der Waals surface area contributed by atoms with Crippen molar-refractivity contribution in [2.45, 2.75) is 37.9 Å². The summed E-state index contributed by atoms with van der Waals surface area (Å²) in [5.41, 5.74) is -0.0616. The van der Waals surface area contributed by atoms with Crippen molar-refractivity contribution in [3.05, 3.63) is 64.7 Å². The van der Waals surface area contributed by atoms with E-state index >= 15 is 0 Å². The fourth-order valence-electron chi connectivity index (χ4n) is 5.55. The predicted octanol–water partition coefficient (Wildman–Crippen LogP) is 5.78. The third kappa shape index (κ3) is 7.21. The lowest BCUT2D eigenvalue weighted by atomic mass is 10.0. The van der Waals surface area contributed by atoms with E-state index in [1.807, 2.05) is 29.2 Å². The summed E-state index contributed by atoms with van der Waals surface area (Å²) in [6, 6.07) is 15.1. The van der Waals surface area contributed by atoms with Crippen LogP contribution in [0.4, 0.5) is 24.7 Å². The van der Waals surface area contributed by atoms with Gasteiger partial charge in [-0.25, -0.2) is 4.98 Å². The van der Waals surface area contributed by atoms with Gasteiger partial charge in [0.1, 0.15) is 5.82 Å². The summed E-state index contributed by atoms with van der Waals surface area (Å²) in [5.74, 6) is 1.09. The molecule has 41 heavy (non-hydrogen) atoms. The van der Waals surface area contributed by atoms with Crippen molar-refractivity contribution in [1.82, 2.24) is 14.8 Å². The predicted molar refractivity (Wildman–Crippen MR) is 154 cm³/mol. The van der Waals surface area contributed by atoms with Gasteiger partial charge in [-0.05, 0) is 74.3 Å². The molecule has 1 amide bonds. The van der Waals surface area contributed by atoms with E-state index in [1.165, 1.54) is 12.1 Å². The third-order valence-corrected chi connectivity index (χ3v) is 8.10. The van der Waals surface area contributed by atoms with Gasteiger partial charge in [0.05, 0.1) is 22.7 Å². The number of pyridine rings is 1. The standard InChI is InChI=1S/C30H32ClF3N6O/c31-23-5-7-27-21(18-23)4-8-28(37-27)39-16-14-38(15-17-39)11-1-2-29(41)40-12-9-24(10-13-40)36-25-6-3-22(20-35)26(19-25)30(32,33)34/h3-8,18-19,24,36H,1-2,9-17H2. The molecule has 2 saturated heterocycles. The minimum absolute atomic E-state index is 0.0285. The normalized spacial score (nSPS) is 17.0. The molecule has 0 bridgehead atoms. The zero-order valence-electron chi connectivity index (χ0n) is 22.6. The van der Waals surface area contributed by atoms with E-state index in [0.717, 1.165) is 61.9 Å². The summed E-state index contributed by atoms with van der Waals surface area (Å²) in [5, 5.41) is 13.9. The van der Waals surface area contributed by atoms with Crippen LogP contribution in [0, 0.1) is 11.3 Å². The molecule has 0 radical (unpaired) electrons. The van der Waals surface area contributed by atoms with Gasteiger partial charge >= 0.3 is 6.18 Å². The van der Waals surface area contributed by atoms with Crippen molar-refractivity contribution >= 4 is 39.9 Å². The molecule has 2 fully saturated rings. The lowest BCUT2D eigenvalue weighted by Gasteiger charge is -2.36. The molecule has 0 unspecified atom stereocenters. The number of aromatic nitrogens is 1. The van der Waals surface area contributed by atoms with Gasteiger partial charge in [0, 0.05) is 67.8 Å². The second kappa shape index (κ2) is 12.5. The van der Waals surface area contributed by atoms with Crippen LogP contribution in [0.25, 0.3) is 10.9 Å². The molecule has 0 saturated carbocycles. The molecule has 1 N–H and O–H groups in total. The number of piperazine rings is 1. The van der Waals surface area contributed by atoms with Gasteiger partial charge in [0.25, 0.3) is 0 Å². The first-order valence-corrected chi connectivity index (χ1v) is 14.3.